The quantitative estimate of drug-likeness (QED) is 0.811. The van der Waals surface area contributed by atoms with Crippen LogP contribution < -0.4 is 14.7 Å². The van der Waals surface area contributed by atoms with Crippen LogP contribution in [-0.4, -0.2) is 59.2 Å². The van der Waals surface area contributed by atoms with Gasteiger partial charge in [-0.2, -0.15) is 4.98 Å². The fourth-order valence-electron chi connectivity index (χ4n) is 4.70. The number of hydrogen-bond acceptors (Lipinski definition) is 7. The number of rotatable bonds is 3. The molecular formula is C21H29N7. The molecule has 2 fully saturated rings. The van der Waals surface area contributed by atoms with Crippen LogP contribution in [0.3, 0.4) is 0 Å². The molecule has 4 heterocycles. The molecular weight excluding hydrogens is 350 g/mol. The van der Waals surface area contributed by atoms with E-state index in [0.717, 1.165) is 75.4 Å². The number of anilines is 3. The second-order valence-corrected chi connectivity index (χ2v) is 8.21. The molecule has 148 valence electrons. The highest BCUT2D eigenvalue weighted by Crippen LogP contribution is 2.30. The number of aryl methyl sites for hydroxylation is 3. The second-order valence-electron chi connectivity index (χ2n) is 8.21. The number of nitrogens with zero attached hydrogens (tertiary/aromatic N) is 7. The van der Waals surface area contributed by atoms with Crippen molar-refractivity contribution in [3.8, 4) is 0 Å². The van der Waals surface area contributed by atoms with Crippen LogP contribution in [0.25, 0.3) is 0 Å². The summed E-state index contributed by atoms with van der Waals surface area (Å²) in [6.07, 6.45) is 5.92. The lowest BCUT2D eigenvalue weighted by atomic mass is 10.2. The molecule has 2 aromatic heterocycles. The van der Waals surface area contributed by atoms with Gasteiger partial charge in [0.2, 0.25) is 5.95 Å². The van der Waals surface area contributed by atoms with Crippen LogP contribution in [0.1, 0.15) is 42.0 Å². The molecule has 7 heteroatoms. The first kappa shape index (κ1) is 17.6. The van der Waals surface area contributed by atoms with E-state index in [-0.39, 0.29) is 0 Å². The highest BCUT2D eigenvalue weighted by molar-refractivity contribution is 5.54. The van der Waals surface area contributed by atoms with Crippen molar-refractivity contribution in [3.63, 3.8) is 0 Å². The number of fused-ring (bicyclic) bond motifs is 1. The largest absolute Gasteiger partial charge is 0.353 e. The van der Waals surface area contributed by atoms with E-state index >= 15 is 0 Å². The van der Waals surface area contributed by atoms with Gasteiger partial charge < -0.3 is 14.7 Å². The van der Waals surface area contributed by atoms with Crippen molar-refractivity contribution in [2.75, 3.05) is 54.0 Å². The van der Waals surface area contributed by atoms with Crippen molar-refractivity contribution < 1.29 is 0 Å². The van der Waals surface area contributed by atoms with Gasteiger partial charge in [0.05, 0.1) is 0 Å². The highest BCUT2D eigenvalue weighted by atomic mass is 15.3. The Bertz CT molecular complexity index is 867. The Morgan fingerprint density at radius 1 is 0.714 bits per heavy atom. The van der Waals surface area contributed by atoms with Crippen molar-refractivity contribution in [2.24, 2.45) is 0 Å². The fraction of sp³-hybridized carbons (Fsp3) is 0.619. The van der Waals surface area contributed by atoms with Gasteiger partial charge in [-0.3, -0.25) is 0 Å². The summed E-state index contributed by atoms with van der Waals surface area (Å²) in [6.45, 7) is 10.1. The highest BCUT2D eigenvalue weighted by Gasteiger charge is 2.26. The van der Waals surface area contributed by atoms with Gasteiger partial charge in [-0.25, -0.2) is 15.0 Å². The average molecular weight is 380 g/mol. The van der Waals surface area contributed by atoms with Crippen molar-refractivity contribution in [2.45, 2.75) is 46.0 Å². The predicted octanol–water partition coefficient (Wildman–Crippen LogP) is 2.30. The van der Waals surface area contributed by atoms with Crippen LogP contribution >= 0.6 is 0 Å². The number of aromatic nitrogens is 4. The Hall–Kier alpha value is -2.44. The molecule has 0 amide bonds. The van der Waals surface area contributed by atoms with E-state index < -0.39 is 0 Å². The van der Waals surface area contributed by atoms with Gasteiger partial charge in [-0.05, 0) is 46.0 Å². The van der Waals surface area contributed by atoms with Crippen LogP contribution in [0.5, 0.6) is 0 Å². The number of hydrogen-bond donors (Lipinski definition) is 0. The maximum Gasteiger partial charge on any atom is 0.227 e. The Morgan fingerprint density at radius 3 is 2.25 bits per heavy atom. The molecule has 0 unspecified atom stereocenters. The maximum absolute atomic E-state index is 4.91. The third kappa shape index (κ3) is 3.27. The van der Waals surface area contributed by atoms with Crippen molar-refractivity contribution >= 4 is 17.6 Å². The van der Waals surface area contributed by atoms with E-state index in [1.165, 1.54) is 36.3 Å². The molecule has 7 nitrogen and oxygen atoms in total. The van der Waals surface area contributed by atoms with Gasteiger partial charge in [-0.1, -0.05) is 0 Å². The second kappa shape index (κ2) is 7.18. The summed E-state index contributed by atoms with van der Waals surface area (Å²) in [5.74, 6) is 4.05. The summed E-state index contributed by atoms with van der Waals surface area (Å²) >= 11 is 0. The lowest BCUT2D eigenvalue weighted by molar-refractivity contribution is 0.636. The van der Waals surface area contributed by atoms with E-state index in [4.69, 9.17) is 9.97 Å². The molecule has 0 spiro atoms. The van der Waals surface area contributed by atoms with Gasteiger partial charge in [0.1, 0.15) is 17.5 Å². The fourth-order valence-corrected chi connectivity index (χ4v) is 4.70. The van der Waals surface area contributed by atoms with Crippen LogP contribution in [0.4, 0.5) is 17.6 Å². The Balaban J connectivity index is 1.33. The molecule has 0 aromatic carbocycles. The van der Waals surface area contributed by atoms with E-state index in [1.54, 1.807) is 0 Å². The van der Waals surface area contributed by atoms with Gasteiger partial charge in [-0.15, -0.1) is 0 Å². The topological polar surface area (TPSA) is 61.3 Å². The van der Waals surface area contributed by atoms with Crippen molar-refractivity contribution in [3.05, 3.63) is 28.8 Å². The molecule has 0 bridgehead atoms. The minimum Gasteiger partial charge on any atom is -0.353 e. The molecule has 2 saturated heterocycles. The molecule has 0 saturated carbocycles. The van der Waals surface area contributed by atoms with Crippen molar-refractivity contribution in [1.29, 1.82) is 0 Å². The van der Waals surface area contributed by atoms with Crippen LogP contribution in [0.15, 0.2) is 6.07 Å². The zero-order valence-corrected chi connectivity index (χ0v) is 17.0. The first-order valence-corrected chi connectivity index (χ1v) is 10.6. The molecule has 2 aliphatic heterocycles. The summed E-state index contributed by atoms with van der Waals surface area (Å²) in [7, 11) is 0. The molecule has 1 aliphatic carbocycles. The molecule has 2 aromatic rings. The minimum absolute atomic E-state index is 0.902. The lowest BCUT2D eigenvalue weighted by Crippen LogP contribution is -2.47. The third-order valence-electron chi connectivity index (χ3n) is 6.14. The molecule has 28 heavy (non-hydrogen) atoms. The SMILES string of the molecule is Cc1cc(N2CCN(c3nc(C)nc4c3CCC4)CC2)nc(N2CCCC2)n1. The first-order chi connectivity index (χ1) is 13.7. The van der Waals surface area contributed by atoms with Gasteiger partial charge in [0.25, 0.3) is 0 Å². The van der Waals surface area contributed by atoms with Crippen molar-refractivity contribution in [1.82, 2.24) is 19.9 Å². The summed E-state index contributed by atoms with van der Waals surface area (Å²) in [5, 5.41) is 0. The third-order valence-corrected chi connectivity index (χ3v) is 6.14. The zero-order chi connectivity index (χ0) is 19.1. The average Bonchev–Trinajstić information content (AvgIpc) is 3.39. The van der Waals surface area contributed by atoms with Gasteiger partial charge in [0, 0.05) is 62.3 Å². The van der Waals surface area contributed by atoms with E-state index in [1.807, 2.05) is 6.92 Å². The first-order valence-electron chi connectivity index (χ1n) is 10.6. The smallest absolute Gasteiger partial charge is 0.227 e. The van der Waals surface area contributed by atoms with E-state index in [9.17, 15) is 0 Å². The molecule has 0 atom stereocenters. The van der Waals surface area contributed by atoms with Crippen LogP contribution in [-0.2, 0) is 12.8 Å². The Morgan fingerprint density at radius 2 is 1.46 bits per heavy atom. The van der Waals surface area contributed by atoms with E-state index in [0.29, 0.717) is 0 Å². The molecule has 3 aliphatic rings. The van der Waals surface area contributed by atoms with Crippen LogP contribution in [0, 0.1) is 13.8 Å². The number of piperazine rings is 1. The molecule has 5 rings (SSSR count). The predicted molar refractivity (Wildman–Crippen MR) is 111 cm³/mol. The molecule has 0 radical (unpaired) electrons. The normalized spacial score (nSPS) is 19.4. The lowest BCUT2D eigenvalue weighted by Gasteiger charge is -2.37. The Kier molecular flexibility index (Phi) is 4.53. The Labute approximate surface area is 166 Å². The van der Waals surface area contributed by atoms with Gasteiger partial charge in [0.15, 0.2) is 0 Å². The van der Waals surface area contributed by atoms with Crippen LogP contribution in [0.2, 0.25) is 0 Å². The summed E-state index contributed by atoms with van der Waals surface area (Å²) in [4.78, 5) is 26.2. The summed E-state index contributed by atoms with van der Waals surface area (Å²) < 4.78 is 0. The van der Waals surface area contributed by atoms with E-state index in [2.05, 4.69) is 37.7 Å². The zero-order valence-electron chi connectivity index (χ0n) is 17.0. The summed E-state index contributed by atoms with van der Waals surface area (Å²) in [6, 6.07) is 2.13. The van der Waals surface area contributed by atoms with Gasteiger partial charge >= 0.3 is 0 Å². The maximum atomic E-state index is 4.91. The molecule has 0 N–H and O–H groups in total. The summed E-state index contributed by atoms with van der Waals surface area (Å²) in [5.41, 5.74) is 3.71. The monoisotopic (exact) mass is 379 g/mol. The standard InChI is InChI=1S/C21H29N7/c1-15-14-19(25-21(22-15)28-8-3-4-9-28)26-10-12-27(13-11-26)20-17-6-5-7-18(17)23-16(2)24-20/h14H,3-13H2,1-2H3. The minimum atomic E-state index is 0.902.